The molecule has 1 saturated carbocycles. The highest BCUT2D eigenvalue weighted by Crippen LogP contribution is 2.37. The zero-order valence-electron chi connectivity index (χ0n) is 25.2. The van der Waals surface area contributed by atoms with E-state index in [2.05, 4.69) is 71.9 Å². The van der Waals surface area contributed by atoms with Gasteiger partial charge in [0.25, 0.3) is 0 Å². The van der Waals surface area contributed by atoms with Gasteiger partial charge in [-0.2, -0.15) is 9.40 Å². The molecule has 0 spiro atoms. The van der Waals surface area contributed by atoms with Crippen molar-refractivity contribution in [3.63, 3.8) is 0 Å². The Morgan fingerprint density at radius 3 is 2.24 bits per heavy atom. The molecule has 5 rings (SSSR count). The second-order valence-corrected chi connectivity index (χ2v) is 28.2. The number of sulfonamides is 1. The van der Waals surface area contributed by atoms with Gasteiger partial charge < -0.3 is 14.0 Å². The Morgan fingerprint density at radius 2 is 1.63 bits per heavy atom. The summed E-state index contributed by atoms with van der Waals surface area (Å²) in [6.07, 6.45) is 2.49. The number of hydrogen-bond donors (Lipinski definition) is 0. The summed E-state index contributed by atoms with van der Waals surface area (Å²) in [4.78, 5) is 5.03. The van der Waals surface area contributed by atoms with Gasteiger partial charge in [0.05, 0.1) is 35.2 Å². The predicted octanol–water partition coefficient (Wildman–Crippen LogP) is 6.48. The summed E-state index contributed by atoms with van der Waals surface area (Å²) < 4.78 is 45.3. The van der Waals surface area contributed by atoms with Gasteiger partial charge >= 0.3 is 0 Å². The van der Waals surface area contributed by atoms with E-state index in [0.717, 1.165) is 69.6 Å². The van der Waals surface area contributed by atoms with E-state index in [1.54, 1.807) is 4.31 Å². The molecule has 0 amide bonds. The molecule has 226 valence electrons. The zero-order chi connectivity index (χ0) is 29.6. The van der Waals surface area contributed by atoms with E-state index in [9.17, 15) is 8.42 Å². The number of nitrogens with zero attached hydrogens (tertiary/aromatic N) is 5. The van der Waals surface area contributed by atoms with Gasteiger partial charge in [-0.25, -0.2) is 18.1 Å². The van der Waals surface area contributed by atoms with Crippen LogP contribution < -0.4 is 0 Å². The van der Waals surface area contributed by atoms with Crippen LogP contribution in [0.3, 0.4) is 0 Å². The lowest BCUT2D eigenvalue weighted by Gasteiger charge is -2.29. The summed E-state index contributed by atoms with van der Waals surface area (Å²) in [5.41, 5.74) is 3.42. The molecular formula is C28H44BrN5O4SSi2. The molecule has 3 aromatic rings. The highest BCUT2D eigenvalue weighted by atomic mass is 79.9. The number of ether oxygens (including phenoxy) is 2. The number of hydrogen-bond acceptors (Lipinski definition) is 6. The summed E-state index contributed by atoms with van der Waals surface area (Å²) in [7, 11) is -5.79. The standard InChI is InChI=1S/C28H44BrN5O4SSi2/c1-40(2,3)14-12-37-19-33-26-18-32(39(35,36)22-8-7-9-22)17-24(26)30-28(33)27-23-11-10-21(29)16-25(23)34(31-27)20-38-13-15-41(4,5)6/h10-11,16,22H,7-9,12-15,17-20H2,1-6H3. The minimum Gasteiger partial charge on any atom is -0.361 e. The molecule has 0 atom stereocenters. The van der Waals surface area contributed by atoms with Crippen molar-refractivity contribution in [3.8, 4) is 11.5 Å². The zero-order valence-corrected chi connectivity index (χ0v) is 29.6. The summed E-state index contributed by atoms with van der Waals surface area (Å²) >= 11 is 3.62. The van der Waals surface area contributed by atoms with Gasteiger partial charge in [-0.1, -0.05) is 61.6 Å². The number of aromatic nitrogens is 4. The molecule has 13 heteroatoms. The van der Waals surface area contributed by atoms with E-state index in [4.69, 9.17) is 19.6 Å². The van der Waals surface area contributed by atoms with E-state index in [0.29, 0.717) is 39.8 Å². The molecule has 1 aliphatic carbocycles. The monoisotopic (exact) mass is 681 g/mol. The molecule has 1 fully saturated rings. The van der Waals surface area contributed by atoms with Gasteiger partial charge in [-0.05, 0) is 43.1 Å². The lowest BCUT2D eigenvalue weighted by Crippen LogP contribution is -2.39. The Labute approximate surface area is 254 Å². The molecule has 0 bridgehead atoms. The SMILES string of the molecule is C[Si](C)(C)CCOCn1c(-c2nn(COCC[Si](C)(C)C)c3cc(Br)ccc23)nc2c1CN(S(=O)(=O)C1CCC1)C2. The van der Waals surface area contributed by atoms with Crippen molar-refractivity contribution in [1.29, 1.82) is 0 Å². The second kappa shape index (κ2) is 12.0. The van der Waals surface area contributed by atoms with Crippen molar-refractivity contribution >= 4 is 53.0 Å². The molecule has 0 unspecified atom stereocenters. The van der Waals surface area contributed by atoms with Gasteiger partial charge in [0.15, 0.2) is 5.82 Å². The number of benzene rings is 1. The quantitative estimate of drug-likeness (QED) is 0.151. The largest absolute Gasteiger partial charge is 0.361 e. The molecule has 3 heterocycles. The van der Waals surface area contributed by atoms with Crippen molar-refractivity contribution in [1.82, 2.24) is 23.6 Å². The first-order valence-corrected chi connectivity index (χ1v) is 24.3. The van der Waals surface area contributed by atoms with Gasteiger partial charge in [0.2, 0.25) is 10.0 Å². The predicted molar refractivity (Wildman–Crippen MR) is 173 cm³/mol. The van der Waals surface area contributed by atoms with Gasteiger partial charge in [0, 0.05) is 39.2 Å². The van der Waals surface area contributed by atoms with Crippen LogP contribution in [0.5, 0.6) is 0 Å². The Bertz CT molecular complexity index is 1510. The summed E-state index contributed by atoms with van der Waals surface area (Å²) in [6.45, 7) is 16.7. The fourth-order valence-electron chi connectivity index (χ4n) is 5.08. The topological polar surface area (TPSA) is 91.5 Å². The second-order valence-electron chi connectivity index (χ2n) is 13.8. The van der Waals surface area contributed by atoms with Crippen LogP contribution in [0.25, 0.3) is 22.4 Å². The van der Waals surface area contributed by atoms with E-state index >= 15 is 0 Å². The number of halogens is 1. The molecule has 0 saturated heterocycles. The lowest BCUT2D eigenvalue weighted by atomic mass is 10.0. The van der Waals surface area contributed by atoms with E-state index in [-0.39, 0.29) is 5.25 Å². The van der Waals surface area contributed by atoms with Gasteiger partial charge in [0.1, 0.15) is 19.2 Å². The smallest absolute Gasteiger partial charge is 0.217 e. The molecule has 1 aromatic carbocycles. The minimum atomic E-state index is -3.33. The van der Waals surface area contributed by atoms with Crippen LogP contribution in [-0.2, 0) is 46.0 Å². The van der Waals surface area contributed by atoms with Crippen molar-refractivity contribution in [2.75, 3.05) is 13.2 Å². The van der Waals surface area contributed by atoms with E-state index < -0.39 is 26.2 Å². The van der Waals surface area contributed by atoms with Crippen molar-refractivity contribution in [2.24, 2.45) is 0 Å². The van der Waals surface area contributed by atoms with Crippen LogP contribution >= 0.6 is 15.9 Å². The van der Waals surface area contributed by atoms with Crippen molar-refractivity contribution in [2.45, 2.75) is 102 Å². The van der Waals surface area contributed by atoms with Crippen molar-refractivity contribution in [3.05, 3.63) is 34.1 Å². The molecule has 41 heavy (non-hydrogen) atoms. The first kappa shape index (κ1) is 31.1. The highest BCUT2D eigenvalue weighted by Gasteiger charge is 2.41. The third-order valence-electron chi connectivity index (χ3n) is 7.99. The molecule has 2 aliphatic rings. The Balaban J connectivity index is 1.47. The Kier molecular flexibility index (Phi) is 9.07. The molecule has 1 aliphatic heterocycles. The maximum atomic E-state index is 13.2. The molecular weight excluding hydrogens is 638 g/mol. The maximum Gasteiger partial charge on any atom is 0.217 e. The van der Waals surface area contributed by atoms with Crippen LogP contribution in [0.2, 0.25) is 51.4 Å². The maximum absolute atomic E-state index is 13.2. The molecule has 0 radical (unpaired) electrons. The normalized spacial score (nSPS) is 17.0. The molecule has 0 N–H and O–H groups in total. The molecule has 9 nitrogen and oxygen atoms in total. The van der Waals surface area contributed by atoms with Gasteiger partial charge in [-0.15, -0.1) is 0 Å². The minimum absolute atomic E-state index is 0.258. The average Bonchev–Trinajstić information content (AvgIpc) is 3.48. The van der Waals surface area contributed by atoms with Crippen molar-refractivity contribution < 1.29 is 17.9 Å². The summed E-state index contributed by atoms with van der Waals surface area (Å²) in [5.74, 6) is 0.719. The van der Waals surface area contributed by atoms with Crippen LogP contribution in [-0.4, -0.2) is 66.7 Å². The average molecular weight is 683 g/mol. The van der Waals surface area contributed by atoms with Crippen LogP contribution in [0.4, 0.5) is 0 Å². The summed E-state index contributed by atoms with van der Waals surface area (Å²) in [6, 6.07) is 8.29. The fraction of sp³-hybridized carbons (Fsp3) is 0.643. The van der Waals surface area contributed by atoms with Crippen LogP contribution in [0.15, 0.2) is 22.7 Å². The van der Waals surface area contributed by atoms with Crippen LogP contribution in [0, 0.1) is 0 Å². The number of fused-ring (bicyclic) bond motifs is 2. The Hall–Kier alpha value is -1.36. The summed E-state index contributed by atoms with van der Waals surface area (Å²) in [5, 5.41) is 5.73. The third kappa shape index (κ3) is 7.07. The van der Waals surface area contributed by atoms with Gasteiger partial charge in [-0.3, -0.25) is 0 Å². The first-order valence-electron chi connectivity index (χ1n) is 14.6. The van der Waals surface area contributed by atoms with E-state index in [1.807, 2.05) is 10.7 Å². The Morgan fingerprint density at radius 1 is 0.976 bits per heavy atom. The number of imidazole rings is 1. The first-order chi connectivity index (χ1) is 19.2. The fourth-order valence-corrected chi connectivity index (χ4v) is 8.90. The van der Waals surface area contributed by atoms with E-state index in [1.165, 1.54) is 0 Å². The van der Waals surface area contributed by atoms with Crippen LogP contribution in [0.1, 0.15) is 30.7 Å². The molecule has 2 aromatic heterocycles. The number of rotatable bonds is 13. The highest BCUT2D eigenvalue weighted by molar-refractivity contribution is 9.10. The lowest BCUT2D eigenvalue weighted by molar-refractivity contribution is 0.0814. The third-order valence-corrected chi connectivity index (χ3v) is 14.2.